The van der Waals surface area contributed by atoms with Gasteiger partial charge in [-0.25, -0.2) is 4.89 Å². The summed E-state index contributed by atoms with van der Waals surface area (Å²) in [7, 11) is 0. The lowest BCUT2D eigenvalue weighted by Crippen LogP contribution is -1.98. The van der Waals surface area contributed by atoms with Crippen LogP contribution in [0.25, 0.3) is 11.1 Å². The Bertz CT molecular complexity index is 602. The third-order valence-corrected chi connectivity index (χ3v) is 3.17. The Labute approximate surface area is 129 Å². The molecule has 4 nitrogen and oxygen atoms in total. The van der Waals surface area contributed by atoms with E-state index in [-0.39, 0.29) is 6.79 Å². The molecular weight excluding hydrogens is 280 g/mol. The fraction of sp³-hybridized carbons (Fsp3) is 0.111. The van der Waals surface area contributed by atoms with Gasteiger partial charge in [-0.05, 0) is 28.8 Å². The maximum absolute atomic E-state index is 8.78. The van der Waals surface area contributed by atoms with Gasteiger partial charge in [-0.3, -0.25) is 5.26 Å². The van der Waals surface area contributed by atoms with Crippen molar-refractivity contribution in [3.8, 4) is 16.9 Å². The topological polar surface area (TPSA) is 47.9 Å². The van der Waals surface area contributed by atoms with Crippen molar-refractivity contribution in [3.63, 3.8) is 0 Å². The van der Waals surface area contributed by atoms with Crippen LogP contribution in [0, 0.1) is 0 Å². The fourth-order valence-corrected chi connectivity index (χ4v) is 2.00. The molecule has 0 heterocycles. The molecule has 2 aromatic rings. The third-order valence-electron chi connectivity index (χ3n) is 3.17. The summed E-state index contributed by atoms with van der Waals surface area (Å²) < 4.78 is 10.3. The Morgan fingerprint density at radius 3 is 2.05 bits per heavy atom. The number of rotatable bonds is 8. The predicted molar refractivity (Wildman–Crippen MR) is 85.3 cm³/mol. The first-order valence-corrected chi connectivity index (χ1v) is 6.77. The van der Waals surface area contributed by atoms with Gasteiger partial charge in [0.1, 0.15) is 11.9 Å². The zero-order chi connectivity index (χ0) is 15.8. The highest BCUT2D eigenvalue weighted by Crippen LogP contribution is 2.25. The van der Waals surface area contributed by atoms with Crippen LogP contribution in [0.1, 0.15) is 11.7 Å². The smallest absolute Gasteiger partial charge is 0.229 e. The summed E-state index contributed by atoms with van der Waals surface area (Å²) in [5.41, 5.74) is 2.95. The van der Waals surface area contributed by atoms with Gasteiger partial charge in [0.05, 0.1) is 6.26 Å². The minimum atomic E-state index is -0.519. The van der Waals surface area contributed by atoms with Crippen molar-refractivity contribution >= 4 is 0 Å². The van der Waals surface area contributed by atoms with Crippen molar-refractivity contribution in [1.29, 1.82) is 0 Å². The Morgan fingerprint density at radius 1 is 0.955 bits per heavy atom. The van der Waals surface area contributed by atoms with Crippen molar-refractivity contribution in [2.24, 2.45) is 0 Å². The van der Waals surface area contributed by atoms with Gasteiger partial charge >= 0.3 is 0 Å². The van der Waals surface area contributed by atoms with Crippen LogP contribution in [0.15, 0.2) is 74.0 Å². The van der Waals surface area contributed by atoms with Gasteiger partial charge in [0.15, 0.2) is 0 Å². The molecule has 1 unspecified atom stereocenters. The molecule has 2 aromatic carbocycles. The summed E-state index contributed by atoms with van der Waals surface area (Å²) in [6.07, 6.45) is 2.35. The van der Waals surface area contributed by atoms with Crippen LogP contribution in [0.4, 0.5) is 0 Å². The maximum Gasteiger partial charge on any atom is 0.229 e. The quantitative estimate of drug-likeness (QED) is 0.194. The molecule has 1 N–H and O–H groups in total. The molecule has 0 saturated heterocycles. The molecule has 0 saturated carbocycles. The Balaban J connectivity index is 2.08. The van der Waals surface area contributed by atoms with E-state index in [9.17, 15) is 0 Å². The van der Waals surface area contributed by atoms with E-state index in [1.807, 2.05) is 48.5 Å². The van der Waals surface area contributed by atoms with Crippen molar-refractivity contribution in [2.75, 3.05) is 6.79 Å². The highest BCUT2D eigenvalue weighted by molar-refractivity contribution is 5.64. The maximum atomic E-state index is 8.78. The number of hydrogen-bond donors (Lipinski definition) is 1. The molecule has 0 fully saturated rings. The van der Waals surface area contributed by atoms with Crippen molar-refractivity contribution < 1.29 is 19.6 Å². The second kappa shape index (κ2) is 8.02. The van der Waals surface area contributed by atoms with Crippen LogP contribution in [0.2, 0.25) is 0 Å². The molecule has 0 radical (unpaired) electrons. The predicted octanol–water partition coefficient (Wildman–Crippen LogP) is 4.57. The first-order chi connectivity index (χ1) is 10.8. The summed E-state index contributed by atoms with van der Waals surface area (Å²) in [6.45, 7) is 7.20. The largest absolute Gasteiger partial charge is 0.466 e. The van der Waals surface area contributed by atoms with Crippen molar-refractivity contribution in [3.05, 3.63) is 79.6 Å². The van der Waals surface area contributed by atoms with E-state index in [1.54, 1.807) is 0 Å². The van der Waals surface area contributed by atoms with E-state index >= 15 is 0 Å². The van der Waals surface area contributed by atoms with Crippen LogP contribution < -0.4 is 4.74 Å². The van der Waals surface area contributed by atoms with Crippen LogP contribution in [0.3, 0.4) is 0 Å². The van der Waals surface area contributed by atoms with Crippen LogP contribution >= 0.6 is 0 Å². The van der Waals surface area contributed by atoms with Gasteiger partial charge in [0.2, 0.25) is 6.79 Å². The lowest BCUT2D eigenvalue weighted by atomic mass is 10.0. The minimum Gasteiger partial charge on any atom is -0.466 e. The molecule has 0 aliphatic rings. The molecule has 0 aliphatic carbocycles. The molecular formula is C18H18O4. The Kier molecular flexibility index (Phi) is 5.77. The Hall–Kier alpha value is -2.56. The first kappa shape index (κ1) is 15.8. The molecule has 1 atom stereocenters. The van der Waals surface area contributed by atoms with Gasteiger partial charge in [0.25, 0.3) is 0 Å². The van der Waals surface area contributed by atoms with Crippen LogP contribution in [-0.4, -0.2) is 12.1 Å². The molecule has 22 heavy (non-hydrogen) atoms. The molecule has 4 heteroatoms. The van der Waals surface area contributed by atoms with E-state index in [0.29, 0.717) is 0 Å². The van der Waals surface area contributed by atoms with Crippen LogP contribution in [0.5, 0.6) is 5.75 Å². The van der Waals surface area contributed by atoms with Crippen LogP contribution in [-0.2, 0) is 9.62 Å². The molecule has 0 amide bonds. The molecule has 2 rings (SSSR count). The van der Waals surface area contributed by atoms with E-state index in [1.165, 1.54) is 12.3 Å². The van der Waals surface area contributed by atoms with Crippen molar-refractivity contribution in [1.82, 2.24) is 0 Å². The van der Waals surface area contributed by atoms with Gasteiger partial charge in [0, 0.05) is 0 Å². The second-order valence-corrected chi connectivity index (χ2v) is 4.50. The van der Waals surface area contributed by atoms with Crippen molar-refractivity contribution in [2.45, 2.75) is 6.10 Å². The summed E-state index contributed by atoms with van der Waals surface area (Å²) >= 11 is 0. The van der Waals surface area contributed by atoms with E-state index in [2.05, 4.69) is 18.0 Å². The third kappa shape index (κ3) is 3.97. The highest BCUT2D eigenvalue weighted by Gasteiger charge is 2.07. The normalized spacial score (nSPS) is 11.5. The molecule has 0 aliphatic heterocycles. The molecule has 0 aromatic heterocycles. The van der Waals surface area contributed by atoms with E-state index in [4.69, 9.17) is 14.7 Å². The molecule has 114 valence electrons. The zero-order valence-corrected chi connectivity index (χ0v) is 12.1. The number of ether oxygens (including phenoxy) is 2. The fourth-order valence-electron chi connectivity index (χ4n) is 2.00. The number of benzene rings is 2. The van der Waals surface area contributed by atoms with Gasteiger partial charge in [-0.2, -0.15) is 0 Å². The van der Waals surface area contributed by atoms with Gasteiger partial charge in [-0.15, -0.1) is 6.58 Å². The number of hydrogen-bond acceptors (Lipinski definition) is 4. The monoisotopic (exact) mass is 298 g/mol. The average molecular weight is 298 g/mol. The zero-order valence-electron chi connectivity index (χ0n) is 12.1. The lowest BCUT2D eigenvalue weighted by molar-refractivity contribution is -0.268. The molecule has 0 spiro atoms. The van der Waals surface area contributed by atoms with Gasteiger partial charge < -0.3 is 9.47 Å². The summed E-state index contributed by atoms with van der Waals surface area (Å²) in [6, 6.07) is 15.4. The summed E-state index contributed by atoms with van der Waals surface area (Å²) in [5.74, 6) is 0.725. The lowest BCUT2D eigenvalue weighted by Gasteiger charge is -2.10. The van der Waals surface area contributed by atoms with E-state index in [0.717, 1.165) is 22.4 Å². The summed E-state index contributed by atoms with van der Waals surface area (Å²) in [4.78, 5) is 4.34. The second-order valence-electron chi connectivity index (χ2n) is 4.50. The minimum absolute atomic E-state index is 0.141. The molecule has 0 bridgehead atoms. The van der Waals surface area contributed by atoms with Gasteiger partial charge in [-0.1, -0.05) is 49.1 Å². The van der Waals surface area contributed by atoms with E-state index < -0.39 is 6.10 Å². The Morgan fingerprint density at radius 2 is 1.55 bits per heavy atom. The first-order valence-electron chi connectivity index (χ1n) is 6.77. The summed E-state index contributed by atoms with van der Waals surface area (Å²) in [5, 5.41) is 8.78. The average Bonchev–Trinajstić information content (AvgIpc) is 2.58. The highest BCUT2D eigenvalue weighted by atomic mass is 17.1. The standard InChI is InChI=1S/C18H18O4/c1-3-18(22-19)16-7-5-14(6-8-16)15-9-11-17(12-10-15)21-13-20-4-2/h3-12,18-19H,1-2,13H2. The SMILES string of the molecule is C=COCOc1ccc(-c2ccc(C(C=C)OO)cc2)cc1.